The zero-order valence-corrected chi connectivity index (χ0v) is 14.1. The number of hydrogen-bond donors (Lipinski definition) is 2. The Morgan fingerprint density at radius 2 is 1.64 bits per heavy atom. The Bertz CT molecular complexity index is 892. The highest BCUT2D eigenvalue weighted by Gasteiger charge is 2.30. The Morgan fingerprint density at radius 1 is 1.04 bits per heavy atom. The summed E-state index contributed by atoms with van der Waals surface area (Å²) in [6, 6.07) is 8.52. The van der Waals surface area contributed by atoms with Crippen molar-refractivity contribution in [2.75, 3.05) is 16.3 Å². The molecule has 0 aliphatic carbocycles. The first kappa shape index (κ1) is 18.8. The number of sulfonamides is 1. The summed E-state index contributed by atoms with van der Waals surface area (Å²) in [5.41, 5.74) is 0.230. The van der Waals surface area contributed by atoms with E-state index in [2.05, 4.69) is 10.0 Å². The fourth-order valence-electron chi connectivity index (χ4n) is 2.13. The molecule has 0 saturated carbocycles. The second-order valence-corrected chi connectivity index (χ2v) is 7.13. The van der Waals surface area contributed by atoms with Crippen LogP contribution in [0.25, 0.3) is 0 Å². The minimum atomic E-state index is -4.45. The van der Waals surface area contributed by atoms with Crippen LogP contribution < -0.4 is 10.0 Å². The Kier molecular flexibility index (Phi) is 5.07. The van der Waals surface area contributed by atoms with Gasteiger partial charge in [0.25, 0.3) is 5.91 Å². The third-order valence-electron chi connectivity index (χ3n) is 3.34. The molecule has 0 unspecified atom stereocenters. The van der Waals surface area contributed by atoms with Crippen molar-refractivity contribution in [2.24, 2.45) is 0 Å². The van der Waals surface area contributed by atoms with E-state index in [4.69, 9.17) is 0 Å². The number of amides is 1. The van der Waals surface area contributed by atoms with Crippen LogP contribution in [0.2, 0.25) is 0 Å². The molecular formula is C16H15F3N2O3S. The number of carbonyl (C=O) groups is 1. The van der Waals surface area contributed by atoms with Crippen LogP contribution in [0.15, 0.2) is 42.5 Å². The molecule has 2 rings (SSSR count). The summed E-state index contributed by atoms with van der Waals surface area (Å²) >= 11 is 0. The fraction of sp³-hybridized carbons (Fsp3) is 0.188. The van der Waals surface area contributed by atoms with Crippen LogP contribution >= 0.6 is 0 Å². The zero-order valence-electron chi connectivity index (χ0n) is 13.3. The van der Waals surface area contributed by atoms with Crippen molar-refractivity contribution >= 4 is 27.3 Å². The van der Waals surface area contributed by atoms with E-state index in [1.807, 2.05) is 0 Å². The second-order valence-electron chi connectivity index (χ2n) is 5.38. The van der Waals surface area contributed by atoms with E-state index in [1.165, 1.54) is 18.2 Å². The lowest BCUT2D eigenvalue weighted by Crippen LogP contribution is -2.16. The molecule has 0 saturated heterocycles. The van der Waals surface area contributed by atoms with Crippen molar-refractivity contribution in [1.29, 1.82) is 0 Å². The maximum absolute atomic E-state index is 12.5. The molecule has 2 N–H and O–H groups in total. The summed E-state index contributed by atoms with van der Waals surface area (Å²) in [5.74, 6) is -0.561. The van der Waals surface area contributed by atoms with Crippen LogP contribution in [0.1, 0.15) is 21.5 Å². The van der Waals surface area contributed by atoms with Crippen LogP contribution in [0.4, 0.5) is 24.5 Å². The molecule has 0 fully saturated rings. The predicted octanol–water partition coefficient (Wildman–Crippen LogP) is 3.64. The number of anilines is 2. The van der Waals surface area contributed by atoms with E-state index < -0.39 is 27.7 Å². The summed E-state index contributed by atoms with van der Waals surface area (Å²) in [6.45, 7) is 1.56. The van der Waals surface area contributed by atoms with E-state index in [-0.39, 0.29) is 16.9 Å². The van der Waals surface area contributed by atoms with Gasteiger partial charge in [-0.3, -0.25) is 9.52 Å². The van der Waals surface area contributed by atoms with Gasteiger partial charge in [0, 0.05) is 11.3 Å². The van der Waals surface area contributed by atoms with E-state index in [9.17, 15) is 26.4 Å². The van der Waals surface area contributed by atoms with Gasteiger partial charge in [-0.15, -0.1) is 0 Å². The predicted molar refractivity (Wildman–Crippen MR) is 89.0 cm³/mol. The number of hydrogen-bond acceptors (Lipinski definition) is 3. The minimum Gasteiger partial charge on any atom is -0.322 e. The highest BCUT2D eigenvalue weighted by Crippen LogP contribution is 2.30. The average Bonchev–Trinajstić information content (AvgIpc) is 2.47. The van der Waals surface area contributed by atoms with Crippen molar-refractivity contribution in [3.63, 3.8) is 0 Å². The molecule has 0 radical (unpaired) electrons. The monoisotopic (exact) mass is 372 g/mol. The maximum Gasteiger partial charge on any atom is 0.416 e. The van der Waals surface area contributed by atoms with E-state index in [0.29, 0.717) is 5.56 Å². The Balaban J connectivity index is 2.23. The Morgan fingerprint density at radius 3 is 2.16 bits per heavy atom. The molecule has 0 aliphatic heterocycles. The first-order valence-corrected chi connectivity index (χ1v) is 8.92. The van der Waals surface area contributed by atoms with Gasteiger partial charge < -0.3 is 5.32 Å². The van der Waals surface area contributed by atoms with Gasteiger partial charge in [-0.2, -0.15) is 13.2 Å². The maximum atomic E-state index is 12.5. The van der Waals surface area contributed by atoms with Gasteiger partial charge in [-0.05, 0) is 48.9 Å². The molecule has 9 heteroatoms. The van der Waals surface area contributed by atoms with Gasteiger partial charge in [-0.25, -0.2) is 8.42 Å². The largest absolute Gasteiger partial charge is 0.416 e. The number of rotatable bonds is 4. The molecule has 0 aliphatic rings. The molecule has 2 aromatic rings. The molecular weight excluding hydrogens is 357 g/mol. The molecule has 1 amide bonds. The second kappa shape index (κ2) is 6.75. The van der Waals surface area contributed by atoms with Crippen LogP contribution in [0.5, 0.6) is 0 Å². The first-order chi connectivity index (χ1) is 11.5. The normalized spacial score (nSPS) is 11.9. The van der Waals surface area contributed by atoms with Crippen molar-refractivity contribution < 1.29 is 26.4 Å². The number of nitrogens with one attached hydrogen (secondary N) is 2. The molecule has 0 bridgehead atoms. The summed E-state index contributed by atoms with van der Waals surface area (Å²) < 4.78 is 62.6. The van der Waals surface area contributed by atoms with Gasteiger partial charge >= 0.3 is 6.18 Å². The number of benzene rings is 2. The van der Waals surface area contributed by atoms with Crippen LogP contribution in [-0.2, 0) is 16.2 Å². The van der Waals surface area contributed by atoms with Crippen LogP contribution in [0.3, 0.4) is 0 Å². The summed E-state index contributed by atoms with van der Waals surface area (Å²) in [4.78, 5) is 12.3. The van der Waals surface area contributed by atoms with Gasteiger partial charge in [0.05, 0.1) is 17.5 Å². The standard InChI is InChI=1S/C16H15F3N2O3S/c1-10-13(4-3-5-14(10)21-25(2,23)24)15(22)20-12-8-6-11(7-9-12)16(17,18)19/h3-9,21H,1-2H3,(H,20,22). The van der Waals surface area contributed by atoms with Gasteiger partial charge in [0.2, 0.25) is 10.0 Å². The van der Waals surface area contributed by atoms with Gasteiger partial charge in [-0.1, -0.05) is 6.07 Å². The minimum absolute atomic E-state index is 0.193. The molecule has 134 valence electrons. The molecule has 0 heterocycles. The van der Waals surface area contributed by atoms with E-state index in [0.717, 1.165) is 30.5 Å². The highest BCUT2D eigenvalue weighted by molar-refractivity contribution is 7.92. The van der Waals surface area contributed by atoms with Crippen molar-refractivity contribution in [1.82, 2.24) is 0 Å². The highest BCUT2D eigenvalue weighted by atomic mass is 32.2. The first-order valence-electron chi connectivity index (χ1n) is 7.03. The summed E-state index contributed by atoms with van der Waals surface area (Å²) in [6.07, 6.45) is -3.47. The SMILES string of the molecule is Cc1c(NS(C)(=O)=O)cccc1C(=O)Nc1ccc(C(F)(F)F)cc1. The number of halogens is 3. The van der Waals surface area contributed by atoms with Crippen molar-refractivity contribution in [3.8, 4) is 0 Å². The fourth-order valence-corrected chi connectivity index (χ4v) is 2.75. The molecule has 2 aromatic carbocycles. The zero-order chi connectivity index (χ0) is 18.8. The average molecular weight is 372 g/mol. The molecule has 25 heavy (non-hydrogen) atoms. The molecule has 0 aromatic heterocycles. The van der Waals surface area contributed by atoms with Crippen LogP contribution in [-0.4, -0.2) is 20.6 Å². The molecule has 5 nitrogen and oxygen atoms in total. The van der Waals surface area contributed by atoms with Crippen LogP contribution in [0, 0.1) is 6.92 Å². The lowest BCUT2D eigenvalue weighted by molar-refractivity contribution is -0.137. The van der Waals surface area contributed by atoms with E-state index >= 15 is 0 Å². The summed E-state index contributed by atoms with van der Waals surface area (Å²) in [5, 5.41) is 2.48. The van der Waals surface area contributed by atoms with Gasteiger partial charge in [0.1, 0.15) is 0 Å². The van der Waals surface area contributed by atoms with Crippen molar-refractivity contribution in [2.45, 2.75) is 13.1 Å². The van der Waals surface area contributed by atoms with Gasteiger partial charge in [0.15, 0.2) is 0 Å². The Hall–Kier alpha value is -2.55. The topological polar surface area (TPSA) is 75.3 Å². The molecule has 0 spiro atoms. The lowest BCUT2D eigenvalue weighted by atomic mass is 10.1. The van der Waals surface area contributed by atoms with E-state index in [1.54, 1.807) is 6.92 Å². The number of carbonyl (C=O) groups excluding carboxylic acids is 1. The Labute approximate surface area is 142 Å². The van der Waals surface area contributed by atoms with Crippen molar-refractivity contribution in [3.05, 3.63) is 59.2 Å². The third-order valence-corrected chi connectivity index (χ3v) is 3.93. The lowest BCUT2D eigenvalue weighted by Gasteiger charge is -2.13. The summed E-state index contributed by atoms with van der Waals surface area (Å²) in [7, 11) is -3.51. The smallest absolute Gasteiger partial charge is 0.322 e. The molecule has 0 atom stereocenters. The quantitative estimate of drug-likeness (QED) is 0.860. The number of alkyl halides is 3. The third kappa shape index (κ3) is 4.96.